The van der Waals surface area contributed by atoms with E-state index in [1.54, 1.807) is 6.92 Å². The van der Waals surface area contributed by atoms with Crippen LogP contribution in [0.3, 0.4) is 0 Å². The summed E-state index contributed by atoms with van der Waals surface area (Å²) in [6.07, 6.45) is -4.74. The Labute approximate surface area is 112 Å². The first-order chi connectivity index (χ1) is 7.70. The molecule has 2 nitrogen and oxygen atoms in total. The van der Waals surface area contributed by atoms with E-state index < -0.39 is 11.2 Å². The van der Waals surface area contributed by atoms with Gasteiger partial charge in [-0.05, 0) is 41.1 Å². The molecule has 0 aliphatic heterocycles. The van der Waals surface area contributed by atoms with Crippen LogP contribution < -0.4 is 4.74 Å². The van der Waals surface area contributed by atoms with Gasteiger partial charge in [0, 0.05) is 10.0 Å². The van der Waals surface area contributed by atoms with Crippen LogP contribution in [0.1, 0.15) is 17.3 Å². The fourth-order valence-electron chi connectivity index (χ4n) is 1.11. The van der Waals surface area contributed by atoms with Crippen LogP contribution in [-0.2, 0) is 0 Å². The Bertz CT molecular complexity index is 430. The van der Waals surface area contributed by atoms with Crippen molar-refractivity contribution in [2.24, 2.45) is 0 Å². The van der Waals surface area contributed by atoms with Gasteiger partial charge in [0.05, 0.1) is 4.83 Å². The Morgan fingerprint density at radius 2 is 2.00 bits per heavy atom. The molecule has 0 saturated heterocycles. The predicted molar refractivity (Wildman–Crippen MR) is 63.5 cm³/mol. The first-order valence-corrected chi connectivity index (χ1v) is 6.15. The summed E-state index contributed by atoms with van der Waals surface area (Å²) < 4.78 is 39.8. The smallest absolute Gasteiger partial charge is 0.406 e. The monoisotopic (exact) mass is 374 g/mol. The maximum absolute atomic E-state index is 11.9. The quantitative estimate of drug-likeness (QED) is 0.581. The maximum Gasteiger partial charge on any atom is 0.573 e. The fourth-order valence-corrected chi connectivity index (χ4v) is 1.91. The molecule has 0 saturated carbocycles. The third-order valence-electron chi connectivity index (χ3n) is 1.80. The molecule has 1 unspecified atom stereocenters. The number of carbonyl (C=O) groups excluding carboxylic acids is 1. The summed E-state index contributed by atoms with van der Waals surface area (Å²) in [6.45, 7) is 1.63. The molecule has 0 spiro atoms. The molecule has 0 fully saturated rings. The summed E-state index contributed by atoms with van der Waals surface area (Å²) in [7, 11) is 0. The largest absolute Gasteiger partial charge is 0.573 e. The Morgan fingerprint density at radius 3 is 2.41 bits per heavy atom. The van der Waals surface area contributed by atoms with Crippen LogP contribution in [0.4, 0.5) is 13.2 Å². The van der Waals surface area contributed by atoms with Crippen molar-refractivity contribution in [3.05, 3.63) is 28.2 Å². The van der Waals surface area contributed by atoms with Crippen LogP contribution in [0, 0.1) is 0 Å². The zero-order valence-corrected chi connectivity index (χ0v) is 11.7. The van der Waals surface area contributed by atoms with Gasteiger partial charge in [-0.1, -0.05) is 15.9 Å². The number of hydrogen-bond acceptors (Lipinski definition) is 2. The van der Waals surface area contributed by atoms with Crippen LogP contribution in [0.25, 0.3) is 0 Å². The lowest BCUT2D eigenvalue weighted by Crippen LogP contribution is -2.17. The molecule has 0 heterocycles. The van der Waals surface area contributed by atoms with E-state index in [0.29, 0.717) is 5.56 Å². The van der Waals surface area contributed by atoms with Crippen LogP contribution in [-0.4, -0.2) is 17.0 Å². The number of alkyl halides is 4. The highest BCUT2D eigenvalue weighted by molar-refractivity contribution is 9.10. The van der Waals surface area contributed by atoms with Crippen molar-refractivity contribution in [3.8, 4) is 5.75 Å². The molecule has 7 heteroatoms. The second-order valence-electron chi connectivity index (χ2n) is 3.17. The molecule has 1 atom stereocenters. The fraction of sp³-hybridized carbons (Fsp3) is 0.300. The SMILES string of the molecule is CC(Br)C(=O)c1ccc(OC(F)(F)F)cc1Br. The van der Waals surface area contributed by atoms with Crippen LogP contribution >= 0.6 is 31.9 Å². The zero-order chi connectivity index (χ0) is 13.2. The highest BCUT2D eigenvalue weighted by Gasteiger charge is 2.31. The predicted octanol–water partition coefficient (Wildman–Crippen LogP) is 4.31. The van der Waals surface area contributed by atoms with Gasteiger partial charge in [0.1, 0.15) is 5.75 Å². The van der Waals surface area contributed by atoms with Crippen LogP contribution in [0.15, 0.2) is 22.7 Å². The van der Waals surface area contributed by atoms with E-state index in [2.05, 4.69) is 36.6 Å². The van der Waals surface area contributed by atoms with Crippen molar-refractivity contribution in [2.45, 2.75) is 18.1 Å². The molecule has 0 amide bonds. The van der Waals surface area contributed by atoms with Gasteiger partial charge in [-0.2, -0.15) is 0 Å². The van der Waals surface area contributed by atoms with E-state index >= 15 is 0 Å². The molecule has 0 aliphatic rings. The molecular weight excluding hydrogens is 369 g/mol. The summed E-state index contributed by atoms with van der Waals surface area (Å²) in [4.78, 5) is 11.2. The number of halogens is 5. The minimum atomic E-state index is -4.74. The molecule has 0 bridgehead atoms. The second kappa shape index (κ2) is 5.39. The Balaban J connectivity index is 2.98. The molecule has 1 aromatic carbocycles. The second-order valence-corrected chi connectivity index (χ2v) is 5.40. The standard InChI is InChI=1S/C10H7Br2F3O2/c1-5(11)9(16)7-3-2-6(4-8(7)12)17-10(13,14)15/h2-5H,1H3. The number of ether oxygens (including phenoxy) is 1. The van der Waals surface area contributed by atoms with Crippen LogP contribution in [0.5, 0.6) is 5.75 Å². The molecule has 0 aliphatic carbocycles. The minimum Gasteiger partial charge on any atom is -0.406 e. The first kappa shape index (κ1) is 14.5. The van der Waals surface area contributed by atoms with Crippen molar-refractivity contribution in [1.82, 2.24) is 0 Å². The molecule has 0 N–H and O–H groups in total. The lowest BCUT2D eigenvalue weighted by molar-refractivity contribution is -0.274. The third-order valence-corrected chi connectivity index (χ3v) is 2.87. The zero-order valence-electron chi connectivity index (χ0n) is 8.52. The molecule has 17 heavy (non-hydrogen) atoms. The Hall–Kier alpha value is -0.560. The minimum absolute atomic E-state index is 0.226. The van der Waals surface area contributed by atoms with E-state index in [4.69, 9.17) is 0 Å². The average Bonchev–Trinajstić information content (AvgIpc) is 2.14. The maximum atomic E-state index is 11.9. The summed E-state index contributed by atoms with van der Waals surface area (Å²) in [5.41, 5.74) is 0.295. The van der Waals surface area contributed by atoms with E-state index in [1.165, 1.54) is 6.07 Å². The summed E-state index contributed by atoms with van der Waals surface area (Å²) in [6, 6.07) is 3.49. The Morgan fingerprint density at radius 1 is 1.41 bits per heavy atom. The van der Waals surface area contributed by atoms with Crippen LogP contribution in [0.2, 0.25) is 0 Å². The summed E-state index contributed by atoms with van der Waals surface area (Å²) in [5, 5.41) is 0. The lowest BCUT2D eigenvalue weighted by atomic mass is 10.1. The summed E-state index contributed by atoms with van der Waals surface area (Å²) >= 11 is 6.13. The van der Waals surface area contributed by atoms with Gasteiger partial charge < -0.3 is 4.74 Å². The molecule has 94 valence electrons. The molecular formula is C10H7Br2F3O2. The number of ketones is 1. The third kappa shape index (κ3) is 4.31. The first-order valence-electron chi connectivity index (χ1n) is 4.44. The van der Waals surface area contributed by atoms with E-state index in [0.717, 1.165) is 12.1 Å². The van der Waals surface area contributed by atoms with Crippen molar-refractivity contribution >= 4 is 37.6 Å². The van der Waals surface area contributed by atoms with Crippen molar-refractivity contribution in [2.75, 3.05) is 0 Å². The molecule has 1 aromatic rings. The van der Waals surface area contributed by atoms with Gasteiger partial charge in [0.25, 0.3) is 0 Å². The molecule has 0 radical (unpaired) electrons. The highest BCUT2D eigenvalue weighted by atomic mass is 79.9. The normalized spacial score (nSPS) is 13.3. The van der Waals surface area contributed by atoms with Gasteiger partial charge in [-0.3, -0.25) is 4.79 Å². The number of rotatable bonds is 3. The highest BCUT2D eigenvalue weighted by Crippen LogP contribution is 2.29. The van der Waals surface area contributed by atoms with E-state index in [-0.39, 0.29) is 16.0 Å². The van der Waals surface area contributed by atoms with E-state index in [9.17, 15) is 18.0 Å². The van der Waals surface area contributed by atoms with Crippen molar-refractivity contribution < 1.29 is 22.7 Å². The lowest BCUT2D eigenvalue weighted by Gasteiger charge is -2.11. The van der Waals surface area contributed by atoms with E-state index in [1.807, 2.05) is 0 Å². The number of Topliss-reactive ketones (excluding diaryl/α,β-unsaturated/α-hetero) is 1. The number of hydrogen-bond donors (Lipinski definition) is 0. The van der Waals surface area contributed by atoms with Gasteiger partial charge >= 0.3 is 6.36 Å². The van der Waals surface area contributed by atoms with Gasteiger partial charge in [0.2, 0.25) is 0 Å². The topological polar surface area (TPSA) is 26.3 Å². The molecule has 1 rings (SSSR count). The van der Waals surface area contributed by atoms with Crippen molar-refractivity contribution in [3.63, 3.8) is 0 Å². The molecule has 0 aromatic heterocycles. The van der Waals surface area contributed by atoms with Gasteiger partial charge in [0.15, 0.2) is 5.78 Å². The van der Waals surface area contributed by atoms with Crippen molar-refractivity contribution in [1.29, 1.82) is 0 Å². The average molecular weight is 376 g/mol. The summed E-state index contributed by atoms with van der Waals surface area (Å²) in [5.74, 6) is -0.599. The number of carbonyl (C=O) groups is 1. The van der Waals surface area contributed by atoms with Gasteiger partial charge in [-0.15, -0.1) is 13.2 Å². The van der Waals surface area contributed by atoms with Gasteiger partial charge in [-0.25, -0.2) is 0 Å². The number of benzene rings is 1. The Kier molecular flexibility index (Phi) is 4.60.